The van der Waals surface area contributed by atoms with Crippen LogP contribution >= 0.6 is 0 Å². The third-order valence-corrected chi connectivity index (χ3v) is 4.47. The topological polar surface area (TPSA) is 45.6 Å². The van der Waals surface area contributed by atoms with Crippen LogP contribution in [0.5, 0.6) is 0 Å². The molecule has 23 heavy (non-hydrogen) atoms. The summed E-state index contributed by atoms with van der Waals surface area (Å²) in [7, 11) is 0. The van der Waals surface area contributed by atoms with E-state index in [9.17, 15) is 9.18 Å². The molecule has 0 bridgehead atoms. The Kier molecular flexibility index (Phi) is 3.41. The summed E-state index contributed by atoms with van der Waals surface area (Å²) in [5.41, 5.74) is 3.62. The molecule has 1 unspecified atom stereocenters. The first-order valence-electron chi connectivity index (χ1n) is 7.80. The molecule has 2 aliphatic rings. The molecule has 0 radical (unpaired) electrons. The van der Waals surface area contributed by atoms with Crippen molar-refractivity contribution in [3.8, 4) is 0 Å². The highest BCUT2D eigenvalue weighted by Crippen LogP contribution is 2.36. The standard InChI is InChI=1S/C18H16FN3O/c19-14-8-13(10-20-11-14)16-9-18(23)22(21-16)17-7-3-5-12-4-1-2-6-15(12)17/h1-2,4,6,8,10-11,17H,3,5,7,9H2. The molecule has 116 valence electrons. The third kappa shape index (κ3) is 2.52. The summed E-state index contributed by atoms with van der Waals surface area (Å²) in [6.07, 6.45) is 5.88. The molecule has 4 rings (SSSR count). The van der Waals surface area contributed by atoms with Gasteiger partial charge in [0.05, 0.1) is 24.4 Å². The molecule has 1 aromatic heterocycles. The molecule has 0 saturated carbocycles. The van der Waals surface area contributed by atoms with Crippen molar-refractivity contribution in [3.63, 3.8) is 0 Å². The van der Waals surface area contributed by atoms with Gasteiger partial charge in [-0.25, -0.2) is 9.40 Å². The van der Waals surface area contributed by atoms with E-state index in [0.29, 0.717) is 11.3 Å². The first-order chi connectivity index (χ1) is 11.2. The molecule has 1 amide bonds. The smallest absolute Gasteiger partial charge is 0.249 e. The maximum Gasteiger partial charge on any atom is 0.249 e. The van der Waals surface area contributed by atoms with Gasteiger partial charge in [-0.05, 0) is 36.5 Å². The van der Waals surface area contributed by atoms with Crippen molar-refractivity contribution in [2.24, 2.45) is 5.10 Å². The molecule has 4 nitrogen and oxygen atoms in total. The molecule has 0 N–H and O–H groups in total. The molecule has 5 heteroatoms. The molecule has 1 aromatic carbocycles. The van der Waals surface area contributed by atoms with Gasteiger partial charge in [0.1, 0.15) is 5.82 Å². The van der Waals surface area contributed by atoms with Gasteiger partial charge in [0.2, 0.25) is 5.91 Å². The Balaban J connectivity index is 1.69. The minimum Gasteiger partial charge on any atom is -0.272 e. The number of pyridine rings is 1. The van der Waals surface area contributed by atoms with E-state index in [1.807, 2.05) is 12.1 Å². The summed E-state index contributed by atoms with van der Waals surface area (Å²) in [6.45, 7) is 0. The summed E-state index contributed by atoms with van der Waals surface area (Å²) in [4.78, 5) is 16.3. The van der Waals surface area contributed by atoms with Gasteiger partial charge in [-0.1, -0.05) is 24.3 Å². The number of halogens is 1. The van der Waals surface area contributed by atoms with E-state index in [1.165, 1.54) is 17.2 Å². The van der Waals surface area contributed by atoms with Gasteiger partial charge < -0.3 is 0 Å². The van der Waals surface area contributed by atoms with Crippen molar-refractivity contribution < 1.29 is 9.18 Å². The minimum atomic E-state index is -0.417. The van der Waals surface area contributed by atoms with Gasteiger partial charge in [-0.15, -0.1) is 0 Å². The lowest BCUT2D eigenvalue weighted by atomic mass is 9.87. The predicted octanol–water partition coefficient (Wildman–Crippen LogP) is 3.23. The van der Waals surface area contributed by atoms with Crippen LogP contribution in [0.4, 0.5) is 4.39 Å². The molecular formula is C18H16FN3O. The number of hydrogen-bond acceptors (Lipinski definition) is 3. The number of hydrazone groups is 1. The fourth-order valence-electron chi connectivity index (χ4n) is 3.40. The minimum absolute atomic E-state index is 0.0218. The predicted molar refractivity (Wildman–Crippen MR) is 84.3 cm³/mol. The van der Waals surface area contributed by atoms with Crippen molar-refractivity contribution >= 4 is 11.6 Å². The fraction of sp³-hybridized carbons (Fsp3) is 0.278. The number of benzene rings is 1. The van der Waals surface area contributed by atoms with Crippen molar-refractivity contribution in [1.82, 2.24) is 9.99 Å². The van der Waals surface area contributed by atoms with Crippen molar-refractivity contribution in [2.45, 2.75) is 31.7 Å². The average Bonchev–Trinajstić information content (AvgIpc) is 2.96. The van der Waals surface area contributed by atoms with E-state index in [4.69, 9.17) is 0 Å². The number of rotatable bonds is 2. The lowest BCUT2D eigenvalue weighted by Crippen LogP contribution is -2.29. The lowest BCUT2D eigenvalue weighted by molar-refractivity contribution is -0.131. The van der Waals surface area contributed by atoms with Gasteiger partial charge in [0.15, 0.2) is 0 Å². The SMILES string of the molecule is O=C1CC(c2cncc(F)c2)=NN1C1CCCc2ccccc21. The maximum atomic E-state index is 13.4. The van der Waals surface area contributed by atoms with Crippen LogP contribution in [0.15, 0.2) is 47.8 Å². The number of aromatic nitrogens is 1. The number of fused-ring (bicyclic) bond motifs is 1. The van der Waals surface area contributed by atoms with Crippen molar-refractivity contribution in [1.29, 1.82) is 0 Å². The Hall–Kier alpha value is -2.56. The van der Waals surface area contributed by atoms with E-state index in [2.05, 4.69) is 22.2 Å². The second-order valence-electron chi connectivity index (χ2n) is 5.96. The average molecular weight is 309 g/mol. The monoisotopic (exact) mass is 309 g/mol. The van der Waals surface area contributed by atoms with Crippen LogP contribution in [0.25, 0.3) is 0 Å². The zero-order valence-electron chi connectivity index (χ0n) is 12.6. The van der Waals surface area contributed by atoms with Gasteiger partial charge in [0, 0.05) is 11.8 Å². The normalized spacial score (nSPS) is 20.4. The number of carbonyl (C=O) groups excluding carboxylic acids is 1. The summed E-state index contributed by atoms with van der Waals surface area (Å²) in [5.74, 6) is -0.454. The highest BCUT2D eigenvalue weighted by atomic mass is 19.1. The van der Waals surface area contributed by atoms with Crippen LogP contribution in [0, 0.1) is 5.82 Å². The van der Waals surface area contributed by atoms with Crippen LogP contribution in [-0.2, 0) is 11.2 Å². The van der Waals surface area contributed by atoms with Gasteiger partial charge in [-0.3, -0.25) is 9.78 Å². The van der Waals surface area contributed by atoms with Crippen LogP contribution in [0.1, 0.15) is 42.0 Å². The van der Waals surface area contributed by atoms with Crippen LogP contribution in [0.2, 0.25) is 0 Å². The Morgan fingerprint density at radius 3 is 2.96 bits per heavy atom. The van der Waals surface area contributed by atoms with E-state index in [1.54, 1.807) is 11.2 Å². The largest absolute Gasteiger partial charge is 0.272 e. The maximum absolute atomic E-state index is 13.4. The van der Waals surface area contributed by atoms with Crippen molar-refractivity contribution in [3.05, 3.63) is 65.2 Å². The van der Waals surface area contributed by atoms with E-state index in [-0.39, 0.29) is 18.4 Å². The van der Waals surface area contributed by atoms with Gasteiger partial charge >= 0.3 is 0 Å². The van der Waals surface area contributed by atoms with E-state index < -0.39 is 5.82 Å². The Morgan fingerprint density at radius 1 is 1.22 bits per heavy atom. The molecule has 0 spiro atoms. The zero-order valence-corrected chi connectivity index (χ0v) is 12.6. The molecule has 2 heterocycles. The molecule has 1 aliphatic carbocycles. The van der Waals surface area contributed by atoms with Gasteiger partial charge in [-0.2, -0.15) is 5.10 Å². The van der Waals surface area contributed by atoms with E-state index in [0.717, 1.165) is 25.5 Å². The number of nitrogens with zero attached hydrogens (tertiary/aromatic N) is 3. The Morgan fingerprint density at radius 2 is 2.09 bits per heavy atom. The summed E-state index contributed by atoms with van der Waals surface area (Å²) >= 11 is 0. The molecular weight excluding hydrogens is 293 g/mol. The number of carbonyl (C=O) groups is 1. The molecule has 1 atom stereocenters. The zero-order chi connectivity index (χ0) is 15.8. The van der Waals surface area contributed by atoms with E-state index >= 15 is 0 Å². The molecule has 2 aromatic rings. The van der Waals surface area contributed by atoms with Gasteiger partial charge in [0.25, 0.3) is 0 Å². The summed E-state index contributed by atoms with van der Waals surface area (Å²) in [6, 6.07) is 9.56. The highest BCUT2D eigenvalue weighted by molar-refractivity contribution is 6.13. The quantitative estimate of drug-likeness (QED) is 0.855. The second kappa shape index (κ2) is 5.57. The van der Waals surface area contributed by atoms with Crippen LogP contribution in [0.3, 0.4) is 0 Å². The third-order valence-electron chi connectivity index (χ3n) is 4.47. The Labute approximate surface area is 133 Å². The number of aryl methyl sites for hydroxylation is 1. The van der Waals surface area contributed by atoms with Crippen molar-refractivity contribution in [2.75, 3.05) is 0 Å². The first kappa shape index (κ1) is 14.1. The summed E-state index contributed by atoms with van der Waals surface area (Å²) < 4.78 is 13.4. The van der Waals surface area contributed by atoms with Crippen LogP contribution in [-0.4, -0.2) is 21.6 Å². The molecule has 0 fully saturated rings. The first-order valence-corrected chi connectivity index (χ1v) is 7.80. The lowest BCUT2D eigenvalue weighted by Gasteiger charge is -2.30. The number of amides is 1. The van der Waals surface area contributed by atoms with Crippen LogP contribution < -0.4 is 0 Å². The second-order valence-corrected chi connectivity index (χ2v) is 5.96. The fourth-order valence-corrected chi connectivity index (χ4v) is 3.40. The summed E-state index contributed by atoms with van der Waals surface area (Å²) in [5, 5.41) is 6.08. The number of hydrogen-bond donors (Lipinski definition) is 0. The molecule has 0 saturated heterocycles. The Bertz CT molecular complexity index is 802. The highest BCUT2D eigenvalue weighted by Gasteiger charge is 2.34. The molecule has 1 aliphatic heterocycles.